The minimum Gasteiger partial charge on any atom is -0.246 e. The lowest BCUT2D eigenvalue weighted by Crippen LogP contribution is -1.87. The number of rotatable bonds is 2. The molecule has 1 nitrogen and oxygen atoms in total. The van der Waals surface area contributed by atoms with Crippen molar-refractivity contribution in [3.8, 4) is 22.4 Å². The van der Waals surface area contributed by atoms with E-state index in [1.54, 1.807) is 0 Å². The topological polar surface area (TPSA) is 12.9 Å². The molecule has 0 aliphatic carbocycles. The van der Waals surface area contributed by atoms with Gasteiger partial charge in [0.2, 0.25) is 0 Å². The van der Waals surface area contributed by atoms with Crippen LogP contribution in [0.3, 0.4) is 0 Å². The maximum atomic E-state index is 4.46. The van der Waals surface area contributed by atoms with E-state index in [-0.39, 0.29) is 0 Å². The summed E-state index contributed by atoms with van der Waals surface area (Å²) in [6, 6.07) is 29.1. The van der Waals surface area contributed by atoms with Gasteiger partial charge >= 0.3 is 0 Å². The standard InChI is InChI=1S/C21H14N/c1-2-7-16(8-3-1)18-13-14-22-21(15-18)20-12-6-10-17-9-4-5-11-19(17)20/h1-13,15H. The minimum atomic E-state index is 0.957. The lowest BCUT2D eigenvalue weighted by molar-refractivity contribution is 1.32. The van der Waals surface area contributed by atoms with Crippen LogP contribution >= 0.6 is 0 Å². The molecule has 0 fully saturated rings. The summed E-state index contributed by atoms with van der Waals surface area (Å²) in [5.74, 6) is 0. The van der Waals surface area contributed by atoms with Crippen molar-refractivity contribution in [3.63, 3.8) is 0 Å². The summed E-state index contributed by atoms with van der Waals surface area (Å²) >= 11 is 0. The zero-order valence-electron chi connectivity index (χ0n) is 12.0. The van der Waals surface area contributed by atoms with Gasteiger partial charge in [-0.1, -0.05) is 72.8 Å². The monoisotopic (exact) mass is 280 g/mol. The van der Waals surface area contributed by atoms with E-state index in [1.165, 1.54) is 16.3 Å². The van der Waals surface area contributed by atoms with E-state index in [0.717, 1.165) is 16.8 Å². The molecule has 1 heteroatoms. The number of fused-ring (bicyclic) bond motifs is 1. The molecule has 1 heterocycles. The molecule has 0 saturated heterocycles. The van der Waals surface area contributed by atoms with Gasteiger partial charge in [0.25, 0.3) is 0 Å². The van der Waals surface area contributed by atoms with Crippen molar-refractivity contribution < 1.29 is 0 Å². The smallest absolute Gasteiger partial charge is 0.0900 e. The highest BCUT2D eigenvalue weighted by molar-refractivity contribution is 5.96. The Morgan fingerprint density at radius 1 is 0.682 bits per heavy atom. The van der Waals surface area contributed by atoms with Crippen molar-refractivity contribution in [1.82, 2.24) is 4.98 Å². The summed E-state index contributed by atoms with van der Waals surface area (Å²) in [5.41, 5.74) is 4.42. The third kappa shape index (κ3) is 2.27. The average molecular weight is 280 g/mol. The molecule has 1 radical (unpaired) electrons. The number of hydrogen-bond acceptors (Lipinski definition) is 1. The predicted octanol–water partition coefficient (Wildman–Crippen LogP) is 5.37. The van der Waals surface area contributed by atoms with Gasteiger partial charge in [0.05, 0.1) is 11.9 Å². The fraction of sp³-hybridized carbons (Fsp3) is 0. The second kappa shape index (κ2) is 5.45. The van der Waals surface area contributed by atoms with E-state index in [0.29, 0.717) is 0 Å². The van der Waals surface area contributed by atoms with Crippen molar-refractivity contribution in [1.29, 1.82) is 0 Å². The van der Waals surface area contributed by atoms with E-state index < -0.39 is 0 Å². The van der Waals surface area contributed by atoms with E-state index >= 15 is 0 Å². The molecule has 4 aromatic rings. The van der Waals surface area contributed by atoms with Crippen LogP contribution in [0.25, 0.3) is 33.2 Å². The van der Waals surface area contributed by atoms with Crippen molar-refractivity contribution >= 4 is 10.8 Å². The van der Waals surface area contributed by atoms with Gasteiger partial charge in [-0.05, 0) is 34.0 Å². The Hall–Kier alpha value is -2.93. The molecule has 0 aliphatic rings. The fourth-order valence-corrected chi connectivity index (χ4v) is 2.78. The molecule has 3 aromatic carbocycles. The Morgan fingerprint density at radius 2 is 1.45 bits per heavy atom. The average Bonchev–Trinajstić information content (AvgIpc) is 2.62. The summed E-state index contributed by atoms with van der Waals surface area (Å²) < 4.78 is 0. The normalized spacial score (nSPS) is 10.7. The molecular formula is C21H14N. The maximum Gasteiger partial charge on any atom is 0.0900 e. The Balaban J connectivity index is 1.89. The first kappa shape index (κ1) is 12.8. The van der Waals surface area contributed by atoms with E-state index in [2.05, 4.69) is 71.8 Å². The molecule has 103 valence electrons. The van der Waals surface area contributed by atoms with Crippen LogP contribution in [-0.2, 0) is 0 Å². The van der Waals surface area contributed by atoms with Crippen molar-refractivity contribution in [2.75, 3.05) is 0 Å². The number of nitrogens with zero attached hydrogens (tertiary/aromatic N) is 1. The van der Waals surface area contributed by atoms with Crippen LogP contribution in [-0.4, -0.2) is 4.98 Å². The third-order valence-electron chi connectivity index (χ3n) is 3.87. The molecule has 0 spiro atoms. The fourth-order valence-electron chi connectivity index (χ4n) is 2.78. The van der Waals surface area contributed by atoms with Crippen LogP contribution in [0.4, 0.5) is 0 Å². The summed E-state index contributed by atoms with van der Waals surface area (Å²) in [6.07, 6.45) is 3.04. The minimum absolute atomic E-state index is 0.957. The first-order valence-electron chi connectivity index (χ1n) is 7.33. The van der Waals surface area contributed by atoms with E-state index in [1.807, 2.05) is 24.3 Å². The Kier molecular flexibility index (Phi) is 3.17. The largest absolute Gasteiger partial charge is 0.246 e. The highest BCUT2D eigenvalue weighted by Crippen LogP contribution is 2.29. The van der Waals surface area contributed by atoms with E-state index in [9.17, 15) is 0 Å². The number of aromatic nitrogens is 1. The van der Waals surface area contributed by atoms with Crippen molar-refractivity contribution in [2.45, 2.75) is 0 Å². The quantitative estimate of drug-likeness (QED) is 0.481. The van der Waals surface area contributed by atoms with Crippen LogP contribution in [0.5, 0.6) is 0 Å². The number of hydrogen-bond donors (Lipinski definition) is 0. The lowest BCUT2D eigenvalue weighted by atomic mass is 9.99. The first-order chi connectivity index (χ1) is 10.9. The van der Waals surface area contributed by atoms with Gasteiger partial charge < -0.3 is 0 Å². The van der Waals surface area contributed by atoms with Gasteiger partial charge in [0.15, 0.2) is 0 Å². The van der Waals surface area contributed by atoms with Crippen LogP contribution < -0.4 is 0 Å². The van der Waals surface area contributed by atoms with Gasteiger partial charge in [-0.2, -0.15) is 0 Å². The SMILES string of the molecule is [c]1cc(-c2ccccc2)cc(-c2cccc3ccccc23)n1. The van der Waals surface area contributed by atoms with Crippen molar-refractivity contribution in [2.24, 2.45) is 0 Å². The molecule has 4 rings (SSSR count). The zero-order valence-corrected chi connectivity index (χ0v) is 12.0. The van der Waals surface area contributed by atoms with Gasteiger partial charge in [0, 0.05) is 5.56 Å². The van der Waals surface area contributed by atoms with Gasteiger partial charge in [-0.3, -0.25) is 0 Å². The van der Waals surface area contributed by atoms with Crippen LogP contribution in [0.15, 0.2) is 84.9 Å². The summed E-state index contributed by atoms with van der Waals surface area (Å²) in [6.45, 7) is 0. The maximum absolute atomic E-state index is 4.46. The molecule has 1 aromatic heterocycles. The molecule has 0 unspecified atom stereocenters. The second-order valence-corrected chi connectivity index (χ2v) is 5.26. The van der Waals surface area contributed by atoms with Gasteiger partial charge in [0.1, 0.15) is 0 Å². The van der Waals surface area contributed by atoms with Crippen LogP contribution in [0.2, 0.25) is 0 Å². The number of benzene rings is 3. The Bertz CT molecular complexity index is 921. The molecule has 0 N–H and O–H groups in total. The third-order valence-corrected chi connectivity index (χ3v) is 3.87. The Labute approximate surface area is 129 Å². The van der Waals surface area contributed by atoms with Gasteiger partial charge in [-0.25, -0.2) is 4.98 Å². The van der Waals surface area contributed by atoms with Crippen molar-refractivity contribution in [3.05, 3.63) is 91.1 Å². The number of pyridine rings is 1. The lowest BCUT2D eigenvalue weighted by Gasteiger charge is -2.08. The highest BCUT2D eigenvalue weighted by atomic mass is 14.7. The predicted molar refractivity (Wildman–Crippen MR) is 91.5 cm³/mol. The molecule has 0 aliphatic heterocycles. The highest BCUT2D eigenvalue weighted by Gasteiger charge is 2.06. The van der Waals surface area contributed by atoms with E-state index in [4.69, 9.17) is 0 Å². The Morgan fingerprint density at radius 3 is 2.36 bits per heavy atom. The first-order valence-corrected chi connectivity index (χ1v) is 7.33. The summed E-state index contributed by atoms with van der Waals surface area (Å²) in [4.78, 5) is 4.46. The molecule has 0 atom stereocenters. The van der Waals surface area contributed by atoms with Gasteiger partial charge in [-0.15, -0.1) is 0 Å². The molecular weight excluding hydrogens is 266 g/mol. The summed E-state index contributed by atoms with van der Waals surface area (Å²) in [5, 5.41) is 2.45. The molecule has 0 bridgehead atoms. The second-order valence-electron chi connectivity index (χ2n) is 5.26. The summed E-state index contributed by atoms with van der Waals surface area (Å²) in [7, 11) is 0. The van der Waals surface area contributed by atoms with Crippen LogP contribution in [0.1, 0.15) is 0 Å². The molecule has 0 amide bonds. The zero-order chi connectivity index (χ0) is 14.8. The van der Waals surface area contributed by atoms with Crippen LogP contribution in [0, 0.1) is 6.20 Å². The molecule has 22 heavy (non-hydrogen) atoms. The molecule has 0 saturated carbocycles.